The van der Waals surface area contributed by atoms with Crippen LogP contribution in [0.1, 0.15) is 43.0 Å². The zero-order valence-electron chi connectivity index (χ0n) is 19.4. The highest BCUT2D eigenvalue weighted by atomic mass is 32.2. The van der Waals surface area contributed by atoms with Gasteiger partial charge in [0.05, 0.1) is 27.4 Å². The third-order valence-corrected chi connectivity index (χ3v) is 8.69. The summed E-state index contributed by atoms with van der Waals surface area (Å²) in [6.07, 6.45) is -7.98. The Kier molecular flexibility index (Phi) is 6.88. The first-order chi connectivity index (χ1) is 17.1. The minimum Gasteiger partial charge on any atom is -0.484 e. The van der Waals surface area contributed by atoms with E-state index in [0.717, 1.165) is 19.3 Å². The van der Waals surface area contributed by atoms with Crippen molar-refractivity contribution in [2.75, 3.05) is 18.1 Å². The monoisotopic (exact) mass is 555 g/mol. The molecule has 2 aliphatic rings. The number of aliphatic carboxylic acids is 1. The fourth-order valence-corrected chi connectivity index (χ4v) is 6.43. The van der Waals surface area contributed by atoms with Gasteiger partial charge in [-0.25, -0.2) is 17.9 Å². The zero-order chi connectivity index (χ0) is 27.3. The van der Waals surface area contributed by atoms with Gasteiger partial charge in [-0.15, -0.1) is 0 Å². The molecule has 15 heteroatoms. The van der Waals surface area contributed by atoms with Gasteiger partial charge in [0.25, 0.3) is 0 Å². The first kappa shape index (κ1) is 27.1. The van der Waals surface area contributed by atoms with E-state index in [1.807, 2.05) is 0 Å². The molecule has 37 heavy (non-hydrogen) atoms. The number of hydrogen-bond acceptors (Lipinski definition) is 6. The lowest BCUT2D eigenvalue weighted by molar-refractivity contribution is -0.153. The smallest absolute Gasteiger partial charge is 0.422 e. The van der Waals surface area contributed by atoms with Crippen LogP contribution in [-0.2, 0) is 20.8 Å². The molecule has 8 nitrogen and oxygen atoms in total. The van der Waals surface area contributed by atoms with Gasteiger partial charge in [0.2, 0.25) is 0 Å². The summed E-state index contributed by atoms with van der Waals surface area (Å²) < 4.78 is 111. The molecule has 1 N–H and O–H groups in total. The lowest BCUT2D eigenvalue weighted by Gasteiger charge is -2.31. The van der Waals surface area contributed by atoms with E-state index < -0.39 is 75.2 Å². The van der Waals surface area contributed by atoms with Crippen LogP contribution in [0.5, 0.6) is 5.75 Å². The number of carboxylic acid groups (broad SMARTS) is 1. The predicted molar refractivity (Wildman–Crippen MR) is 117 cm³/mol. The number of carboxylic acids is 1. The van der Waals surface area contributed by atoms with E-state index >= 15 is 0 Å². The van der Waals surface area contributed by atoms with Gasteiger partial charge in [0, 0.05) is 12.6 Å². The minimum absolute atomic E-state index is 0.00915. The Morgan fingerprint density at radius 3 is 2.38 bits per heavy atom. The summed E-state index contributed by atoms with van der Waals surface area (Å²) in [6.45, 7) is -0.570. The van der Waals surface area contributed by atoms with Gasteiger partial charge < -0.3 is 14.7 Å². The highest BCUT2D eigenvalue weighted by Gasteiger charge is 2.48. The van der Waals surface area contributed by atoms with Gasteiger partial charge in [0.15, 0.2) is 16.4 Å². The molecule has 0 bridgehead atoms. The Hall–Kier alpha value is -2.97. The maximum Gasteiger partial charge on any atom is 0.422 e. The maximum atomic E-state index is 13.8. The third kappa shape index (κ3) is 5.50. The molecule has 1 aromatic carbocycles. The van der Waals surface area contributed by atoms with E-state index in [-0.39, 0.29) is 12.1 Å². The third-order valence-electron chi connectivity index (χ3n) is 6.51. The summed E-state index contributed by atoms with van der Waals surface area (Å²) in [5.74, 6) is -1.78. The topological polar surface area (TPSA) is 102 Å². The average Bonchev–Trinajstić information content (AvgIpc) is 3.34. The molecule has 1 aliphatic heterocycles. The number of aryl methyl sites for hydroxylation is 1. The molecule has 1 aliphatic carbocycles. The Balaban J connectivity index is 1.69. The number of ether oxygens (including phenoxy) is 1. The van der Waals surface area contributed by atoms with Crippen LogP contribution in [0.3, 0.4) is 0 Å². The number of halogens is 6. The minimum atomic E-state index is -5.23. The SMILES string of the molecule is Cc1cc(N2C[C@H](S(=O)(=O)c3ccc(OCC(F)(F)F)cc3C(F)(F)F)C[C@H]2C(=O)O)n(C2CCC2)n1. The fraction of sp³-hybridized carbons (Fsp3) is 0.545. The molecule has 2 atom stereocenters. The van der Waals surface area contributed by atoms with Crippen LogP contribution in [0.4, 0.5) is 32.2 Å². The predicted octanol–water partition coefficient (Wildman–Crippen LogP) is 4.38. The summed E-state index contributed by atoms with van der Waals surface area (Å²) in [4.78, 5) is 12.2. The lowest BCUT2D eigenvalue weighted by Crippen LogP contribution is -2.38. The molecule has 0 unspecified atom stereocenters. The number of aromatic nitrogens is 2. The summed E-state index contributed by atoms with van der Waals surface area (Å²) >= 11 is 0. The largest absolute Gasteiger partial charge is 0.484 e. The fourth-order valence-electron chi connectivity index (χ4n) is 4.54. The molecule has 0 spiro atoms. The Morgan fingerprint density at radius 2 is 1.84 bits per heavy atom. The molecule has 1 saturated heterocycles. The van der Waals surface area contributed by atoms with E-state index in [1.165, 1.54) is 4.90 Å². The standard InChI is InChI=1S/C22H23F6N3O5S/c1-12-7-19(31(29-12)13-3-2-4-13)30-10-15(9-17(30)20(32)33)37(34,35)18-6-5-14(36-11-21(23,24)25)8-16(18)22(26,27)28/h5-8,13,15,17H,2-4,9-11H2,1H3,(H,32,33)/t15-,17+/m1/s1. The second kappa shape index (κ2) is 9.40. The number of alkyl halides is 6. The van der Waals surface area contributed by atoms with Gasteiger partial charge >= 0.3 is 18.3 Å². The quantitative estimate of drug-likeness (QED) is 0.506. The number of carbonyl (C=O) groups is 1. The van der Waals surface area contributed by atoms with Crippen LogP contribution in [-0.4, -0.2) is 59.9 Å². The van der Waals surface area contributed by atoms with E-state index in [1.54, 1.807) is 17.7 Å². The molecule has 1 aromatic heterocycles. The number of hydrogen-bond donors (Lipinski definition) is 1. The van der Waals surface area contributed by atoms with Crippen molar-refractivity contribution in [2.45, 2.75) is 67.2 Å². The Labute approximate surface area is 207 Å². The van der Waals surface area contributed by atoms with Crippen molar-refractivity contribution in [2.24, 2.45) is 0 Å². The van der Waals surface area contributed by atoms with Crippen molar-refractivity contribution in [1.82, 2.24) is 9.78 Å². The Morgan fingerprint density at radius 1 is 1.16 bits per heavy atom. The van der Waals surface area contributed by atoms with Crippen LogP contribution in [0.15, 0.2) is 29.2 Å². The van der Waals surface area contributed by atoms with Crippen molar-refractivity contribution in [1.29, 1.82) is 0 Å². The molecule has 4 rings (SSSR count). The van der Waals surface area contributed by atoms with E-state index in [0.29, 0.717) is 23.6 Å². The van der Waals surface area contributed by atoms with Gasteiger partial charge in [-0.2, -0.15) is 31.4 Å². The summed E-state index contributed by atoms with van der Waals surface area (Å²) in [6, 6.07) is 1.75. The van der Waals surface area contributed by atoms with Crippen LogP contribution < -0.4 is 9.64 Å². The average molecular weight is 555 g/mol. The van der Waals surface area contributed by atoms with E-state index in [9.17, 15) is 44.7 Å². The van der Waals surface area contributed by atoms with Crippen molar-refractivity contribution in [3.63, 3.8) is 0 Å². The summed E-state index contributed by atoms with van der Waals surface area (Å²) in [5, 5.41) is 12.7. The van der Waals surface area contributed by atoms with Gasteiger partial charge in [-0.3, -0.25) is 0 Å². The van der Waals surface area contributed by atoms with Crippen LogP contribution >= 0.6 is 0 Å². The molecular formula is C22H23F6N3O5S. The summed E-state index contributed by atoms with van der Waals surface area (Å²) in [7, 11) is -4.77. The highest BCUT2D eigenvalue weighted by molar-refractivity contribution is 7.92. The number of rotatable bonds is 7. The first-order valence-corrected chi connectivity index (χ1v) is 12.8. The number of nitrogens with zero attached hydrogens (tertiary/aromatic N) is 3. The van der Waals surface area contributed by atoms with E-state index in [2.05, 4.69) is 9.84 Å². The second-order valence-electron chi connectivity index (χ2n) is 9.14. The highest BCUT2D eigenvalue weighted by Crippen LogP contribution is 2.42. The lowest BCUT2D eigenvalue weighted by atomic mass is 9.93. The van der Waals surface area contributed by atoms with Crippen molar-refractivity contribution in [3.8, 4) is 5.75 Å². The molecular weight excluding hydrogens is 532 g/mol. The van der Waals surface area contributed by atoms with Crippen molar-refractivity contribution in [3.05, 3.63) is 35.5 Å². The summed E-state index contributed by atoms with van der Waals surface area (Å²) in [5.41, 5.74) is -1.11. The van der Waals surface area contributed by atoms with Gasteiger partial charge in [-0.05, 0) is 50.8 Å². The second-order valence-corrected chi connectivity index (χ2v) is 11.3. The molecule has 2 fully saturated rings. The molecule has 2 aromatic rings. The molecule has 204 valence electrons. The van der Waals surface area contributed by atoms with E-state index in [4.69, 9.17) is 0 Å². The van der Waals surface area contributed by atoms with Gasteiger partial charge in [-0.1, -0.05) is 0 Å². The van der Waals surface area contributed by atoms with Gasteiger partial charge in [0.1, 0.15) is 17.6 Å². The molecule has 2 heterocycles. The molecule has 0 amide bonds. The van der Waals surface area contributed by atoms with Crippen LogP contribution in [0.2, 0.25) is 0 Å². The van der Waals surface area contributed by atoms with Crippen molar-refractivity contribution >= 4 is 21.6 Å². The normalized spacial score (nSPS) is 21.2. The first-order valence-electron chi connectivity index (χ1n) is 11.3. The number of sulfone groups is 1. The maximum absolute atomic E-state index is 13.8. The zero-order valence-corrected chi connectivity index (χ0v) is 20.2. The molecule has 1 saturated carbocycles. The van der Waals surface area contributed by atoms with Crippen molar-refractivity contribution < 1.29 is 49.4 Å². The van der Waals surface area contributed by atoms with Crippen LogP contribution in [0, 0.1) is 6.92 Å². The number of benzene rings is 1. The van der Waals surface area contributed by atoms with Crippen LogP contribution in [0.25, 0.3) is 0 Å². The Bertz CT molecular complexity index is 1290. The number of anilines is 1. The molecule has 0 radical (unpaired) electrons.